The molecule has 0 aromatic heterocycles. The van der Waals surface area contributed by atoms with Crippen LogP contribution in [0.3, 0.4) is 0 Å². The second-order valence-electron chi connectivity index (χ2n) is 4.61. The minimum Gasteiger partial charge on any atom is -0.370 e. The fourth-order valence-corrected chi connectivity index (χ4v) is 2.15. The largest absolute Gasteiger partial charge is 0.370 e. The average molecular weight is 197 g/mol. The number of rotatable bonds is 4. The Labute approximate surface area is 87.4 Å². The Morgan fingerprint density at radius 1 is 1.43 bits per heavy atom. The first-order chi connectivity index (χ1) is 6.55. The maximum atomic E-state index is 5.93. The van der Waals surface area contributed by atoms with Crippen LogP contribution in [0.25, 0.3) is 0 Å². The molecule has 14 heavy (non-hydrogen) atoms. The van der Waals surface area contributed by atoms with E-state index in [1.165, 1.54) is 0 Å². The molecule has 0 saturated heterocycles. The van der Waals surface area contributed by atoms with Crippen molar-refractivity contribution < 1.29 is 0 Å². The van der Waals surface area contributed by atoms with E-state index in [2.05, 4.69) is 37.6 Å². The molecule has 3 nitrogen and oxygen atoms in total. The van der Waals surface area contributed by atoms with Gasteiger partial charge in [-0.05, 0) is 18.8 Å². The normalized spacial score (nSPS) is 20.4. The molecule has 1 aliphatic rings. The highest BCUT2D eigenvalue weighted by Gasteiger charge is 2.38. The van der Waals surface area contributed by atoms with Crippen LogP contribution in [-0.4, -0.2) is 29.5 Å². The summed E-state index contributed by atoms with van der Waals surface area (Å²) < 4.78 is 0. The third-order valence-corrected chi connectivity index (χ3v) is 3.25. The van der Waals surface area contributed by atoms with Gasteiger partial charge in [0.05, 0.1) is 12.1 Å². The summed E-state index contributed by atoms with van der Waals surface area (Å²) in [5.74, 6) is 1.38. The van der Waals surface area contributed by atoms with Crippen LogP contribution in [-0.2, 0) is 0 Å². The minimum absolute atomic E-state index is 0.203. The molecule has 2 N–H and O–H groups in total. The first-order valence-electron chi connectivity index (χ1n) is 5.63. The molecule has 0 fully saturated rings. The van der Waals surface area contributed by atoms with Crippen LogP contribution in [0.4, 0.5) is 0 Å². The summed E-state index contributed by atoms with van der Waals surface area (Å²) in [6.07, 6.45) is 2.25. The van der Waals surface area contributed by atoms with Gasteiger partial charge in [-0.25, -0.2) is 0 Å². The predicted molar refractivity (Wildman–Crippen MR) is 61.3 cm³/mol. The number of guanidine groups is 1. The molecule has 0 amide bonds. The van der Waals surface area contributed by atoms with Crippen LogP contribution in [0, 0.1) is 5.92 Å². The third kappa shape index (κ3) is 1.86. The monoisotopic (exact) mass is 197 g/mol. The highest BCUT2D eigenvalue weighted by atomic mass is 15.4. The summed E-state index contributed by atoms with van der Waals surface area (Å²) in [4.78, 5) is 6.69. The van der Waals surface area contributed by atoms with Gasteiger partial charge in [-0.2, -0.15) is 0 Å². The van der Waals surface area contributed by atoms with Crippen molar-refractivity contribution in [1.29, 1.82) is 0 Å². The Bertz CT molecular complexity index is 217. The van der Waals surface area contributed by atoms with E-state index in [1.54, 1.807) is 0 Å². The lowest BCUT2D eigenvalue weighted by atomic mass is 9.91. The number of nitrogens with zero attached hydrogens (tertiary/aromatic N) is 2. The van der Waals surface area contributed by atoms with Crippen molar-refractivity contribution in [3.05, 3.63) is 0 Å². The quantitative estimate of drug-likeness (QED) is 0.747. The molecule has 82 valence electrons. The predicted octanol–water partition coefficient (Wildman–Crippen LogP) is 1.83. The van der Waals surface area contributed by atoms with E-state index in [0.717, 1.165) is 31.9 Å². The molecule has 1 aliphatic heterocycles. The standard InChI is InChI=1S/C11H23N3/c1-5-11(6-2)8-13-10(12)14(11)7-9(3)4/h9H,5-8H2,1-4H3,(H2,12,13). The molecule has 3 heteroatoms. The zero-order chi connectivity index (χ0) is 10.8. The zero-order valence-electron chi connectivity index (χ0n) is 9.88. The lowest BCUT2D eigenvalue weighted by molar-refractivity contribution is 0.170. The van der Waals surface area contributed by atoms with E-state index in [1.807, 2.05) is 0 Å². The highest BCUT2D eigenvalue weighted by molar-refractivity contribution is 5.81. The van der Waals surface area contributed by atoms with Gasteiger partial charge in [0.1, 0.15) is 0 Å². The van der Waals surface area contributed by atoms with E-state index >= 15 is 0 Å². The third-order valence-electron chi connectivity index (χ3n) is 3.25. The number of hydrogen-bond donors (Lipinski definition) is 1. The van der Waals surface area contributed by atoms with Gasteiger partial charge >= 0.3 is 0 Å². The zero-order valence-corrected chi connectivity index (χ0v) is 9.88. The molecule has 0 aromatic carbocycles. The summed E-state index contributed by atoms with van der Waals surface area (Å²) >= 11 is 0. The van der Waals surface area contributed by atoms with Crippen LogP contribution in [0.1, 0.15) is 40.5 Å². The second kappa shape index (κ2) is 4.20. The molecule has 0 aromatic rings. The fraction of sp³-hybridized carbons (Fsp3) is 0.909. The minimum atomic E-state index is 0.203. The van der Waals surface area contributed by atoms with Crippen molar-refractivity contribution in [2.75, 3.05) is 13.1 Å². The Hall–Kier alpha value is -0.730. The van der Waals surface area contributed by atoms with Crippen molar-refractivity contribution in [2.24, 2.45) is 16.6 Å². The molecule has 0 aliphatic carbocycles. The first-order valence-corrected chi connectivity index (χ1v) is 5.63. The van der Waals surface area contributed by atoms with Crippen molar-refractivity contribution in [3.63, 3.8) is 0 Å². The van der Waals surface area contributed by atoms with Gasteiger partial charge in [0.2, 0.25) is 0 Å². The smallest absolute Gasteiger partial charge is 0.191 e. The van der Waals surface area contributed by atoms with Crippen LogP contribution < -0.4 is 5.73 Å². The number of aliphatic imine (C=N–C) groups is 1. The van der Waals surface area contributed by atoms with Gasteiger partial charge < -0.3 is 10.6 Å². The Morgan fingerprint density at radius 2 is 2.00 bits per heavy atom. The Balaban J connectivity index is 2.79. The molecule has 0 bridgehead atoms. The summed E-state index contributed by atoms with van der Waals surface area (Å²) in [5, 5.41) is 0. The van der Waals surface area contributed by atoms with Crippen LogP contribution in [0.2, 0.25) is 0 Å². The van der Waals surface area contributed by atoms with Crippen LogP contribution >= 0.6 is 0 Å². The van der Waals surface area contributed by atoms with Gasteiger partial charge in [-0.1, -0.05) is 27.7 Å². The van der Waals surface area contributed by atoms with Gasteiger partial charge in [0.25, 0.3) is 0 Å². The van der Waals surface area contributed by atoms with E-state index in [0.29, 0.717) is 5.92 Å². The molecule has 0 atom stereocenters. The molecule has 0 spiro atoms. The number of nitrogens with two attached hydrogens (primary N) is 1. The van der Waals surface area contributed by atoms with E-state index in [-0.39, 0.29) is 5.54 Å². The maximum absolute atomic E-state index is 5.93. The second-order valence-corrected chi connectivity index (χ2v) is 4.61. The fourth-order valence-electron chi connectivity index (χ4n) is 2.15. The Morgan fingerprint density at radius 3 is 2.43 bits per heavy atom. The van der Waals surface area contributed by atoms with Crippen LogP contribution in [0.5, 0.6) is 0 Å². The summed E-state index contributed by atoms with van der Waals surface area (Å²) in [6, 6.07) is 0. The lowest BCUT2D eigenvalue weighted by Crippen LogP contribution is -2.52. The van der Waals surface area contributed by atoms with Crippen molar-refractivity contribution in [2.45, 2.75) is 46.1 Å². The summed E-state index contributed by atoms with van der Waals surface area (Å²) in [6.45, 7) is 10.8. The molecule has 0 saturated carbocycles. The van der Waals surface area contributed by atoms with Crippen molar-refractivity contribution in [3.8, 4) is 0 Å². The van der Waals surface area contributed by atoms with E-state index < -0.39 is 0 Å². The molecular formula is C11H23N3. The lowest BCUT2D eigenvalue weighted by Gasteiger charge is -2.39. The highest BCUT2D eigenvalue weighted by Crippen LogP contribution is 2.29. The van der Waals surface area contributed by atoms with Gasteiger partial charge in [-0.15, -0.1) is 0 Å². The van der Waals surface area contributed by atoms with Gasteiger partial charge in [0, 0.05) is 6.54 Å². The SMILES string of the molecule is CCC1(CC)CN=C(N)N1CC(C)C. The maximum Gasteiger partial charge on any atom is 0.191 e. The van der Waals surface area contributed by atoms with Crippen LogP contribution in [0.15, 0.2) is 4.99 Å². The molecule has 1 rings (SSSR count). The number of hydrogen-bond acceptors (Lipinski definition) is 3. The summed E-state index contributed by atoms with van der Waals surface area (Å²) in [7, 11) is 0. The summed E-state index contributed by atoms with van der Waals surface area (Å²) in [5.41, 5.74) is 6.13. The topological polar surface area (TPSA) is 41.6 Å². The molecule has 1 heterocycles. The molecular weight excluding hydrogens is 174 g/mol. The average Bonchev–Trinajstić information content (AvgIpc) is 2.45. The van der Waals surface area contributed by atoms with E-state index in [4.69, 9.17) is 5.73 Å². The van der Waals surface area contributed by atoms with Crippen molar-refractivity contribution >= 4 is 5.96 Å². The van der Waals surface area contributed by atoms with Gasteiger partial charge in [-0.3, -0.25) is 4.99 Å². The molecule has 0 radical (unpaired) electrons. The molecule has 0 unspecified atom stereocenters. The van der Waals surface area contributed by atoms with Crippen molar-refractivity contribution in [1.82, 2.24) is 4.90 Å². The first kappa shape index (κ1) is 11.3. The van der Waals surface area contributed by atoms with E-state index in [9.17, 15) is 0 Å². The Kier molecular flexibility index (Phi) is 3.40. The van der Waals surface area contributed by atoms with Gasteiger partial charge in [0.15, 0.2) is 5.96 Å².